The lowest BCUT2D eigenvalue weighted by Crippen LogP contribution is -2.19. The number of amides is 1. The summed E-state index contributed by atoms with van der Waals surface area (Å²) < 4.78 is 49.3. The fourth-order valence-corrected chi connectivity index (χ4v) is 4.01. The van der Waals surface area contributed by atoms with Crippen LogP contribution in [-0.2, 0) is 22.1 Å². The Kier molecular flexibility index (Phi) is 8.22. The predicted octanol–water partition coefficient (Wildman–Crippen LogP) is 6.04. The number of nitrogens with zero attached hydrogens (tertiary/aromatic N) is 2. The maximum atomic E-state index is 12.9. The molecule has 12 heteroatoms. The number of furan rings is 1. The number of hydrogen-bond donors (Lipinski definition) is 2. The molecule has 0 aliphatic heterocycles. The second-order valence-electron chi connectivity index (χ2n) is 7.82. The van der Waals surface area contributed by atoms with E-state index in [0.717, 1.165) is 29.0 Å². The summed E-state index contributed by atoms with van der Waals surface area (Å²) in [5.41, 5.74) is 3.47. The Hall–Kier alpha value is -4.45. The van der Waals surface area contributed by atoms with Gasteiger partial charge < -0.3 is 14.5 Å². The minimum atomic E-state index is -4.45. The van der Waals surface area contributed by atoms with Gasteiger partial charge in [-0.05, 0) is 49.4 Å². The molecular weight excluding hydrogens is 521 g/mol. The zero-order chi connectivity index (χ0) is 27.1. The topological polar surface area (TPSA) is 106 Å². The van der Waals surface area contributed by atoms with Crippen molar-refractivity contribution in [1.29, 1.82) is 0 Å². The molecule has 0 fully saturated rings. The molecule has 0 saturated heterocycles. The molecule has 1 amide bonds. The number of esters is 1. The first-order valence-electron chi connectivity index (χ1n) is 11.3. The summed E-state index contributed by atoms with van der Waals surface area (Å²) >= 11 is 1.16. The third kappa shape index (κ3) is 7.07. The zero-order valence-corrected chi connectivity index (χ0v) is 20.7. The lowest BCUT2D eigenvalue weighted by molar-refractivity contribution is -0.137. The van der Waals surface area contributed by atoms with Crippen molar-refractivity contribution >= 4 is 40.2 Å². The predicted molar refractivity (Wildman–Crippen MR) is 136 cm³/mol. The van der Waals surface area contributed by atoms with E-state index >= 15 is 0 Å². The summed E-state index contributed by atoms with van der Waals surface area (Å²) in [6.07, 6.45) is -3.18. The molecule has 2 aromatic carbocycles. The highest BCUT2D eigenvalue weighted by Gasteiger charge is 2.30. The van der Waals surface area contributed by atoms with Crippen LogP contribution >= 0.6 is 11.3 Å². The summed E-state index contributed by atoms with van der Waals surface area (Å²) in [6, 6.07) is 14.9. The van der Waals surface area contributed by atoms with Crippen LogP contribution in [0.25, 0.3) is 11.3 Å². The summed E-state index contributed by atoms with van der Waals surface area (Å²) in [4.78, 5) is 28.2. The van der Waals surface area contributed by atoms with Crippen molar-refractivity contribution in [2.75, 3.05) is 11.9 Å². The maximum absolute atomic E-state index is 12.9. The number of benzene rings is 2. The van der Waals surface area contributed by atoms with Crippen LogP contribution in [-0.4, -0.2) is 29.7 Å². The Bertz CT molecular complexity index is 1450. The fourth-order valence-electron chi connectivity index (χ4n) is 3.28. The van der Waals surface area contributed by atoms with Crippen molar-refractivity contribution in [3.8, 4) is 11.3 Å². The van der Waals surface area contributed by atoms with Gasteiger partial charge in [-0.3, -0.25) is 4.79 Å². The minimum absolute atomic E-state index is 0.0751. The Labute approximate surface area is 219 Å². The third-order valence-electron chi connectivity index (χ3n) is 5.02. The van der Waals surface area contributed by atoms with E-state index in [0.29, 0.717) is 34.5 Å². The largest absolute Gasteiger partial charge is 0.462 e. The first-order valence-corrected chi connectivity index (χ1v) is 12.2. The fraction of sp³-hybridized carbons (Fsp3) is 0.154. The molecule has 196 valence electrons. The number of alkyl halides is 3. The first-order chi connectivity index (χ1) is 18.2. The molecule has 0 spiro atoms. The second kappa shape index (κ2) is 11.7. The van der Waals surface area contributed by atoms with E-state index in [-0.39, 0.29) is 12.1 Å². The summed E-state index contributed by atoms with van der Waals surface area (Å²) in [6.45, 7) is 2.03. The molecule has 2 heterocycles. The van der Waals surface area contributed by atoms with Crippen LogP contribution in [0.2, 0.25) is 0 Å². The lowest BCUT2D eigenvalue weighted by atomic mass is 10.1. The number of nitrogens with one attached hydrogen (secondary N) is 2. The van der Waals surface area contributed by atoms with Gasteiger partial charge in [0.2, 0.25) is 5.91 Å². The SMILES string of the molecule is CCOC(=O)c1ccc(-c2ccc(/C=N/NC(=O)Cc3csc(Nc4cccc(C(F)(F)F)c4)n3)o2)cc1. The summed E-state index contributed by atoms with van der Waals surface area (Å²) in [5.74, 6) is 0.119. The number of aromatic nitrogens is 1. The highest BCUT2D eigenvalue weighted by atomic mass is 32.1. The van der Waals surface area contributed by atoms with Gasteiger partial charge in [-0.2, -0.15) is 18.3 Å². The van der Waals surface area contributed by atoms with Crippen LogP contribution in [0.1, 0.15) is 34.3 Å². The van der Waals surface area contributed by atoms with Crippen molar-refractivity contribution in [1.82, 2.24) is 10.4 Å². The average Bonchev–Trinajstić information content (AvgIpc) is 3.53. The van der Waals surface area contributed by atoms with Gasteiger partial charge in [-0.1, -0.05) is 18.2 Å². The number of rotatable bonds is 9. The van der Waals surface area contributed by atoms with Crippen LogP contribution in [0.5, 0.6) is 0 Å². The van der Waals surface area contributed by atoms with Crippen molar-refractivity contribution < 1.29 is 31.9 Å². The molecule has 0 radical (unpaired) electrons. The van der Waals surface area contributed by atoms with Crippen LogP contribution < -0.4 is 10.7 Å². The van der Waals surface area contributed by atoms with E-state index in [4.69, 9.17) is 9.15 Å². The average molecular weight is 543 g/mol. The van der Waals surface area contributed by atoms with Crippen molar-refractivity contribution in [2.24, 2.45) is 5.10 Å². The van der Waals surface area contributed by atoms with Crippen molar-refractivity contribution in [2.45, 2.75) is 19.5 Å². The minimum Gasteiger partial charge on any atom is -0.462 e. The number of halogens is 3. The standard InChI is InChI=1S/C26H21F3N4O4S/c1-2-36-24(35)17-8-6-16(7-9-17)22-11-10-21(37-22)14-30-33-23(34)13-20-15-38-25(32-20)31-19-5-3-4-18(12-19)26(27,28)29/h3-12,14-15H,2,13H2,1H3,(H,31,32)(H,33,34)/b30-14+. The Morgan fingerprint density at radius 1 is 1.13 bits per heavy atom. The number of ether oxygens (including phenoxy) is 1. The van der Waals surface area contributed by atoms with Crippen LogP contribution in [0.15, 0.2) is 75.6 Å². The quantitative estimate of drug-likeness (QED) is 0.152. The van der Waals surface area contributed by atoms with E-state index in [1.54, 1.807) is 48.7 Å². The van der Waals surface area contributed by atoms with Gasteiger partial charge in [-0.15, -0.1) is 11.3 Å². The van der Waals surface area contributed by atoms with Crippen LogP contribution in [0, 0.1) is 0 Å². The lowest BCUT2D eigenvalue weighted by Gasteiger charge is -2.08. The smallest absolute Gasteiger partial charge is 0.416 e. The van der Waals surface area contributed by atoms with Crippen molar-refractivity contribution in [3.63, 3.8) is 0 Å². The molecule has 38 heavy (non-hydrogen) atoms. The molecule has 0 bridgehead atoms. The highest BCUT2D eigenvalue weighted by molar-refractivity contribution is 7.13. The van der Waals surface area contributed by atoms with E-state index in [1.807, 2.05) is 0 Å². The molecule has 2 aromatic heterocycles. The van der Waals surface area contributed by atoms with Crippen molar-refractivity contribution in [3.05, 3.63) is 88.6 Å². The van der Waals surface area contributed by atoms with Crippen LogP contribution in [0.4, 0.5) is 24.0 Å². The van der Waals surface area contributed by atoms with Gasteiger partial charge in [0.25, 0.3) is 0 Å². The molecular formula is C26H21F3N4O4S. The first kappa shape index (κ1) is 26.6. The number of hydrogen-bond acceptors (Lipinski definition) is 8. The number of hydrazone groups is 1. The van der Waals surface area contributed by atoms with E-state index in [9.17, 15) is 22.8 Å². The number of carbonyl (C=O) groups excluding carboxylic acids is 2. The maximum Gasteiger partial charge on any atom is 0.416 e. The Morgan fingerprint density at radius 2 is 1.92 bits per heavy atom. The molecule has 0 aliphatic rings. The molecule has 0 atom stereocenters. The number of carbonyl (C=O) groups is 2. The Morgan fingerprint density at radius 3 is 2.66 bits per heavy atom. The molecule has 0 saturated carbocycles. The molecule has 0 unspecified atom stereocenters. The van der Waals surface area contributed by atoms with Gasteiger partial charge in [0.15, 0.2) is 5.13 Å². The van der Waals surface area contributed by atoms with Gasteiger partial charge in [0.05, 0.1) is 36.1 Å². The van der Waals surface area contributed by atoms with E-state index in [2.05, 4.69) is 20.8 Å². The van der Waals surface area contributed by atoms with Crippen LogP contribution in [0.3, 0.4) is 0 Å². The molecule has 0 aliphatic carbocycles. The summed E-state index contributed by atoms with van der Waals surface area (Å²) in [5, 5.41) is 8.68. The van der Waals surface area contributed by atoms with E-state index < -0.39 is 23.6 Å². The van der Waals surface area contributed by atoms with E-state index in [1.165, 1.54) is 18.3 Å². The third-order valence-corrected chi connectivity index (χ3v) is 5.83. The monoisotopic (exact) mass is 542 g/mol. The molecule has 4 rings (SSSR count). The zero-order valence-electron chi connectivity index (χ0n) is 19.9. The van der Waals surface area contributed by atoms with Gasteiger partial charge >= 0.3 is 12.1 Å². The second-order valence-corrected chi connectivity index (χ2v) is 8.68. The van der Waals surface area contributed by atoms with Gasteiger partial charge in [0, 0.05) is 16.6 Å². The number of anilines is 2. The number of thiazole rings is 1. The van der Waals surface area contributed by atoms with Gasteiger partial charge in [0.1, 0.15) is 11.5 Å². The Balaban J connectivity index is 1.28. The normalized spacial score (nSPS) is 11.5. The molecule has 8 nitrogen and oxygen atoms in total. The molecule has 4 aromatic rings. The summed E-state index contributed by atoms with van der Waals surface area (Å²) in [7, 11) is 0. The highest BCUT2D eigenvalue weighted by Crippen LogP contribution is 2.32. The molecule has 2 N–H and O–H groups in total. The van der Waals surface area contributed by atoms with Gasteiger partial charge in [-0.25, -0.2) is 15.2 Å².